The minimum Gasteiger partial charge on any atom is -0.489 e. The van der Waals surface area contributed by atoms with E-state index in [4.69, 9.17) is 21.1 Å². The predicted molar refractivity (Wildman–Crippen MR) is 78.4 cm³/mol. The summed E-state index contributed by atoms with van der Waals surface area (Å²) >= 11 is 6.20. The molecule has 110 valence electrons. The third kappa shape index (κ3) is 4.04. The molecule has 0 saturated heterocycles. The zero-order chi connectivity index (χ0) is 14.4. The molecule has 0 fully saturated rings. The molecule has 20 heavy (non-hydrogen) atoms. The number of amides is 1. The molecule has 1 heterocycles. The van der Waals surface area contributed by atoms with Gasteiger partial charge in [0.25, 0.3) is 0 Å². The van der Waals surface area contributed by atoms with E-state index in [-0.39, 0.29) is 5.91 Å². The van der Waals surface area contributed by atoms with Gasteiger partial charge in [0.2, 0.25) is 5.91 Å². The second-order valence-corrected chi connectivity index (χ2v) is 5.24. The van der Waals surface area contributed by atoms with Crippen molar-refractivity contribution in [3.8, 4) is 11.5 Å². The van der Waals surface area contributed by atoms with Crippen molar-refractivity contribution in [3.63, 3.8) is 0 Å². The van der Waals surface area contributed by atoms with Gasteiger partial charge in [0, 0.05) is 19.4 Å². The van der Waals surface area contributed by atoms with Crippen LogP contribution >= 0.6 is 11.6 Å². The molecule has 0 spiro atoms. The molecule has 1 aliphatic heterocycles. The second kappa shape index (κ2) is 7.39. The highest BCUT2D eigenvalue weighted by Crippen LogP contribution is 2.37. The van der Waals surface area contributed by atoms with Gasteiger partial charge in [-0.15, -0.1) is 0 Å². The highest BCUT2D eigenvalue weighted by Gasteiger charge is 2.15. The van der Waals surface area contributed by atoms with E-state index in [1.807, 2.05) is 12.1 Å². The first-order chi connectivity index (χ1) is 9.70. The standard InChI is InChI=1S/C15H20ClNO3/c1-2-3-5-14(18)17-10-11-8-12(16)15-13(9-11)19-6-4-7-20-15/h8-9H,2-7,10H2,1H3,(H,17,18). The van der Waals surface area contributed by atoms with E-state index in [1.165, 1.54) is 0 Å². The van der Waals surface area contributed by atoms with Gasteiger partial charge in [-0.1, -0.05) is 24.9 Å². The minimum atomic E-state index is 0.0649. The van der Waals surface area contributed by atoms with E-state index in [0.717, 1.165) is 24.8 Å². The summed E-state index contributed by atoms with van der Waals surface area (Å²) in [5.41, 5.74) is 0.920. The molecule has 0 aromatic heterocycles. The molecular weight excluding hydrogens is 278 g/mol. The quantitative estimate of drug-likeness (QED) is 0.907. The first-order valence-corrected chi connectivity index (χ1v) is 7.43. The number of benzene rings is 1. The zero-order valence-corrected chi connectivity index (χ0v) is 12.5. The molecule has 2 rings (SSSR count). The summed E-state index contributed by atoms with van der Waals surface area (Å²) in [6.45, 7) is 3.76. The number of nitrogens with one attached hydrogen (secondary N) is 1. The minimum absolute atomic E-state index is 0.0649. The van der Waals surface area contributed by atoms with Gasteiger partial charge in [-0.2, -0.15) is 0 Å². The number of carbonyl (C=O) groups excluding carboxylic acids is 1. The maximum Gasteiger partial charge on any atom is 0.220 e. The lowest BCUT2D eigenvalue weighted by Gasteiger charge is -2.12. The first-order valence-electron chi connectivity index (χ1n) is 7.05. The van der Waals surface area contributed by atoms with Gasteiger partial charge < -0.3 is 14.8 Å². The van der Waals surface area contributed by atoms with Gasteiger partial charge in [-0.05, 0) is 24.1 Å². The van der Waals surface area contributed by atoms with Crippen molar-refractivity contribution in [2.45, 2.75) is 39.2 Å². The van der Waals surface area contributed by atoms with Crippen LogP contribution in [0.25, 0.3) is 0 Å². The molecule has 5 heteroatoms. The summed E-state index contributed by atoms with van der Waals surface area (Å²) in [5.74, 6) is 1.33. The van der Waals surface area contributed by atoms with Crippen LogP contribution in [0.1, 0.15) is 38.2 Å². The highest BCUT2D eigenvalue weighted by atomic mass is 35.5. The fourth-order valence-corrected chi connectivity index (χ4v) is 2.30. The van der Waals surface area contributed by atoms with Crippen LogP contribution in [0.4, 0.5) is 0 Å². The fraction of sp³-hybridized carbons (Fsp3) is 0.533. The van der Waals surface area contributed by atoms with E-state index in [2.05, 4.69) is 12.2 Å². The third-order valence-corrected chi connectivity index (χ3v) is 3.39. The summed E-state index contributed by atoms with van der Waals surface area (Å²) in [6, 6.07) is 3.70. The molecule has 1 N–H and O–H groups in total. The number of carbonyl (C=O) groups is 1. The molecule has 1 amide bonds. The lowest BCUT2D eigenvalue weighted by molar-refractivity contribution is -0.121. The smallest absolute Gasteiger partial charge is 0.220 e. The lowest BCUT2D eigenvalue weighted by atomic mass is 10.2. The molecule has 1 aromatic rings. The molecular formula is C15H20ClNO3. The van der Waals surface area contributed by atoms with Crippen LogP contribution < -0.4 is 14.8 Å². The van der Waals surface area contributed by atoms with Crippen molar-refractivity contribution in [1.29, 1.82) is 0 Å². The summed E-state index contributed by atoms with van der Waals surface area (Å²) in [6.07, 6.45) is 3.33. The Morgan fingerprint density at radius 2 is 2.15 bits per heavy atom. The van der Waals surface area contributed by atoms with Gasteiger partial charge in [0.05, 0.1) is 18.2 Å². The molecule has 0 bridgehead atoms. The Balaban J connectivity index is 2.00. The predicted octanol–water partition coefficient (Wildman–Crippen LogP) is 3.31. The zero-order valence-electron chi connectivity index (χ0n) is 11.7. The van der Waals surface area contributed by atoms with Crippen LogP contribution in [0.3, 0.4) is 0 Å². The number of hydrogen-bond donors (Lipinski definition) is 1. The topological polar surface area (TPSA) is 47.6 Å². The van der Waals surface area contributed by atoms with Crippen LogP contribution in [0.15, 0.2) is 12.1 Å². The number of fused-ring (bicyclic) bond motifs is 1. The van der Waals surface area contributed by atoms with Crippen molar-refractivity contribution in [3.05, 3.63) is 22.7 Å². The lowest BCUT2D eigenvalue weighted by Crippen LogP contribution is -2.22. The summed E-state index contributed by atoms with van der Waals surface area (Å²) < 4.78 is 11.2. The molecule has 0 aliphatic carbocycles. The Labute approximate surface area is 124 Å². The maximum absolute atomic E-state index is 11.6. The average molecular weight is 298 g/mol. The summed E-state index contributed by atoms with van der Waals surface area (Å²) in [4.78, 5) is 11.6. The largest absolute Gasteiger partial charge is 0.489 e. The van der Waals surface area contributed by atoms with Crippen LogP contribution in [-0.4, -0.2) is 19.1 Å². The van der Waals surface area contributed by atoms with Crippen molar-refractivity contribution >= 4 is 17.5 Å². The van der Waals surface area contributed by atoms with Crippen molar-refractivity contribution in [2.75, 3.05) is 13.2 Å². The fourth-order valence-electron chi connectivity index (χ4n) is 2.01. The van der Waals surface area contributed by atoms with E-state index >= 15 is 0 Å². The van der Waals surface area contributed by atoms with Crippen molar-refractivity contribution in [2.24, 2.45) is 0 Å². The molecule has 0 saturated carbocycles. The summed E-state index contributed by atoms with van der Waals surface area (Å²) in [5, 5.41) is 3.42. The molecule has 1 aliphatic rings. The van der Waals surface area contributed by atoms with Gasteiger partial charge in [-0.25, -0.2) is 0 Å². The Morgan fingerprint density at radius 1 is 1.35 bits per heavy atom. The van der Waals surface area contributed by atoms with Crippen molar-refractivity contribution in [1.82, 2.24) is 5.32 Å². The molecule has 0 radical (unpaired) electrons. The van der Waals surface area contributed by atoms with Crippen LogP contribution in [0.5, 0.6) is 11.5 Å². The van der Waals surface area contributed by atoms with Gasteiger partial charge in [0.1, 0.15) is 0 Å². The third-order valence-electron chi connectivity index (χ3n) is 3.11. The van der Waals surface area contributed by atoms with E-state index < -0.39 is 0 Å². The number of rotatable bonds is 5. The van der Waals surface area contributed by atoms with E-state index in [9.17, 15) is 4.79 Å². The van der Waals surface area contributed by atoms with E-state index in [0.29, 0.717) is 42.7 Å². The van der Waals surface area contributed by atoms with Crippen molar-refractivity contribution < 1.29 is 14.3 Å². The number of halogens is 1. The maximum atomic E-state index is 11.6. The number of ether oxygens (including phenoxy) is 2. The van der Waals surface area contributed by atoms with Gasteiger partial charge in [-0.3, -0.25) is 4.79 Å². The Bertz CT molecular complexity index is 476. The highest BCUT2D eigenvalue weighted by molar-refractivity contribution is 6.32. The monoisotopic (exact) mass is 297 g/mol. The van der Waals surface area contributed by atoms with Crippen LogP contribution in [-0.2, 0) is 11.3 Å². The van der Waals surface area contributed by atoms with Crippen LogP contribution in [0.2, 0.25) is 5.02 Å². The Hall–Kier alpha value is -1.42. The number of unbranched alkanes of at least 4 members (excludes halogenated alkanes) is 1. The van der Waals surface area contributed by atoms with E-state index in [1.54, 1.807) is 0 Å². The molecule has 0 unspecified atom stereocenters. The first kappa shape index (κ1) is 15.0. The molecule has 4 nitrogen and oxygen atoms in total. The molecule has 0 atom stereocenters. The Kier molecular flexibility index (Phi) is 5.53. The van der Waals surface area contributed by atoms with Crippen LogP contribution in [0, 0.1) is 0 Å². The number of hydrogen-bond acceptors (Lipinski definition) is 3. The summed E-state index contributed by atoms with van der Waals surface area (Å²) in [7, 11) is 0. The van der Waals surface area contributed by atoms with Gasteiger partial charge in [0.15, 0.2) is 11.5 Å². The second-order valence-electron chi connectivity index (χ2n) is 4.84. The normalized spacial score (nSPS) is 13.7. The van der Waals surface area contributed by atoms with Gasteiger partial charge >= 0.3 is 0 Å². The average Bonchev–Trinajstić information content (AvgIpc) is 2.68. The Morgan fingerprint density at radius 3 is 2.95 bits per heavy atom. The molecule has 1 aromatic carbocycles. The SMILES string of the molecule is CCCCC(=O)NCc1cc(Cl)c2c(c1)OCCCO2.